The van der Waals surface area contributed by atoms with Gasteiger partial charge in [0.15, 0.2) is 0 Å². The summed E-state index contributed by atoms with van der Waals surface area (Å²) in [5.74, 6) is 0.328. The third-order valence-electron chi connectivity index (χ3n) is 1.74. The summed E-state index contributed by atoms with van der Waals surface area (Å²) in [6.07, 6.45) is 0. The first kappa shape index (κ1) is 13.1. The van der Waals surface area contributed by atoms with Crippen molar-refractivity contribution in [3.8, 4) is 0 Å². The van der Waals surface area contributed by atoms with Crippen LogP contribution in [-0.4, -0.2) is 20.1 Å². The SMILES string of the molecule is CCSS(=O)(=O)c1ccc(NC(C)=O)cc1. The van der Waals surface area contributed by atoms with Gasteiger partial charge in [-0.25, -0.2) is 8.42 Å². The number of nitrogens with one attached hydrogen (secondary N) is 1. The first-order valence-corrected chi connectivity index (χ1v) is 7.71. The zero-order valence-electron chi connectivity index (χ0n) is 9.06. The molecule has 4 nitrogen and oxygen atoms in total. The van der Waals surface area contributed by atoms with Crippen molar-refractivity contribution in [3.63, 3.8) is 0 Å². The van der Waals surface area contributed by atoms with Crippen LogP contribution in [0.5, 0.6) is 0 Å². The average molecular weight is 259 g/mol. The lowest BCUT2D eigenvalue weighted by Gasteiger charge is -2.04. The minimum atomic E-state index is -3.25. The van der Waals surface area contributed by atoms with Gasteiger partial charge in [0.05, 0.1) is 4.90 Å². The maximum Gasteiger partial charge on any atom is 0.229 e. The molecule has 1 aromatic carbocycles. The third kappa shape index (κ3) is 3.53. The highest BCUT2D eigenvalue weighted by Gasteiger charge is 2.13. The fourth-order valence-electron chi connectivity index (χ4n) is 1.13. The van der Waals surface area contributed by atoms with E-state index in [0.717, 1.165) is 10.8 Å². The van der Waals surface area contributed by atoms with Gasteiger partial charge < -0.3 is 5.32 Å². The van der Waals surface area contributed by atoms with E-state index in [-0.39, 0.29) is 10.8 Å². The lowest BCUT2D eigenvalue weighted by molar-refractivity contribution is -0.114. The van der Waals surface area contributed by atoms with E-state index in [4.69, 9.17) is 0 Å². The molecule has 6 heteroatoms. The second-order valence-electron chi connectivity index (χ2n) is 3.07. The molecule has 0 radical (unpaired) electrons. The smallest absolute Gasteiger partial charge is 0.229 e. The number of carbonyl (C=O) groups excluding carboxylic acids is 1. The summed E-state index contributed by atoms with van der Waals surface area (Å²) in [6.45, 7) is 3.19. The largest absolute Gasteiger partial charge is 0.326 e. The highest BCUT2D eigenvalue weighted by atomic mass is 33.1. The molecule has 0 aliphatic rings. The van der Waals surface area contributed by atoms with Crippen LogP contribution < -0.4 is 5.32 Å². The van der Waals surface area contributed by atoms with Gasteiger partial charge in [-0.3, -0.25) is 4.79 Å². The molecule has 0 saturated carbocycles. The normalized spacial score (nSPS) is 11.1. The highest BCUT2D eigenvalue weighted by Crippen LogP contribution is 2.24. The van der Waals surface area contributed by atoms with Crippen molar-refractivity contribution in [1.29, 1.82) is 0 Å². The Balaban J connectivity index is 2.91. The van der Waals surface area contributed by atoms with Gasteiger partial charge in [-0.05, 0) is 35.1 Å². The predicted octanol–water partition coefficient (Wildman–Crippen LogP) is 2.09. The molecule has 1 rings (SSSR count). The van der Waals surface area contributed by atoms with Crippen molar-refractivity contribution in [2.24, 2.45) is 0 Å². The average Bonchev–Trinajstić information content (AvgIpc) is 2.17. The van der Waals surface area contributed by atoms with Gasteiger partial charge in [0, 0.05) is 18.4 Å². The summed E-state index contributed by atoms with van der Waals surface area (Å²) in [5.41, 5.74) is 0.591. The number of anilines is 1. The number of rotatable bonds is 4. The van der Waals surface area contributed by atoms with Crippen LogP contribution >= 0.6 is 10.8 Å². The fourth-order valence-corrected chi connectivity index (χ4v) is 3.72. The van der Waals surface area contributed by atoms with Crippen LogP contribution in [-0.2, 0) is 13.7 Å². The van der Waals surface area contributed by atoms with E-state index in [1.165, 1.54) is 19.1 Å². The molecule has 0 aliphatic heterocycles. The second-order valence-corrected chi connectivity index (χ2v) is 7.28. The van der Waals surface area contributed by atoms with E-state index in [0.29, 0.717) is 11.4 Å². The summed E-state index contributed by atoms with van der Waals surface area (Å²) in [5, 5.41) is 2.57. The first-order chi connectivity index (χ1) is 7.45. The van der Waals surface area contributed by atoms with Crippen LogP contribution in [0.3, 0.4) is 0 Å². The van der Waals surface area contributed by atoms with E-state index < -0.39 is 8.87 Å². The molecule has 0 heterocycles. The Kier molecular flexibility index (Phi) is 4.37. The molecular weight excluding hydrogens is 246 g/mol. The predicted molar refractivity (Wildman–Crippen MR) is 66.1 cm³/mol. The van der Waals surface area contributed by atoms with Crippen molar-refractivity contribution in [2.45, 2.75) is 18.7 Å². The first-order valence-electron chi connectivity index (χ1n) is 4.73. The Morgan fingerprint density at radius 1 is 1.31 bits per heavy atom. The van der Waals surface area contributed by atoms with E-state index in [1.54, 1.807) is 19.1 Å². The van der Waals surface area contributed by atoms with Crippen molar-refractivity contribution in [3.05, 3.63) is 24.3 Å². The molecule has 1 amide bonds. The molecule has 16 heavy (non-hydrogen) atoms. The molecule has 0 fully saturated rings. The number of hydrogen-bond acceptors (Lipinski definition) is 4. The molecule has 0 aliphatic carbocycles. The Morgan fingerprint density at radius 2 is 1.88 bits per heavy atom. The summed E-state index contributed by atoms with van der Waals surface area (Å²) >= 11 is 0. The van der Waals surface area contributed by atoms with Crippen LogP contribution in [0.4, 0.5) is 5.69 Å². The molecule has 0 unspecified atom stereocenters. The van der Waals surface area contributed by atoms with Crippen molar-refractivity contribution < 1.29 is 13.2 Å². The summed E-state index contributed by atoms with van der Waals surface area (Å²) in [7, 11) is -2.36. The molecule has 0 saturated heterocycles. The van der Waals surface area contributed by atoms with Crippen LogP contribution in [0.15, 0.2) is 29.2 Å². The summed E-state index contributed by atoms with van der Waals surface area (Å²) < 4.78 is 23.3. The molecule has 0 spiro atoms. The topological polar surface area (TPSA) is 63.2 Å². The second kappa shape index (κ2) is 5.36. The van der Waals surface area contributed by atoms with Crippen LogP contribution in [0, 0.1) is 0 Å². The standard InChI is InChI=1S/C10H13NO3S2/c1-3-15-16(13,14)10-6-4-9(5-7-10)11-8(2)12/h4-7H,3H2,1-2H3,(H,11,12). The molecule has 1 N–H and O–H groups in total. The van der Waals surface area contributed by atoms with Gasteiger partial charge in [-0.2, -0.15) is 0 Å². The maximum atomic E-state index is 11.6. The number of hydrogen-bond donors (Lipinski definition) is 1. The van der Waals surface area contributed by atoms with Crippen LogP contribution in [0.1, 0.15) is 13.8 Å². The molecule has 0 bridgehead atoms. The van der Waals surface area contributed by atoms with E-state index in [2.05, 4.69) is 5.32 Å². The third-order valence-corrected chi connectivity index (χ3v) is 5.35. The number of carbonyl (C=O) groups is 1. The summed E-state index contributed by atoms with van der Waals surface area (Å²) in [6, 6.07) is 6.13. The Morgan fingerprint density at radius 3 is 2.31 bits per heavy atom. The molecule has 0 aromatic heterocycles. The molecule has 88 valence electrons. The molecular formula is C10H13NO3S2. The lowest BCUT2D eigenvalue weighted by Crippen LogP contribution is -2.05. The van der Waals surface area contributed by atoms with Gasteiger partial charge in [0.25, 0.3) is 0 Å². The van der Waals surface area contributed by atoms with Gasteiger partial charge in [0.1, 0.15) is 0 Å². The van der Waals surface area contributed by atoms with Crippen molar-refractivity contribution >= 4 is 31.3 Å². The van der Waals surface area contributed by atoms with E-state index in [9.17, 15) is 13.2 Å². The van der Waals surface area contributed by atoms with Crippen LogP contribution in [0.25, 0.3) is 0 Å². The minimum Gasteiger partial charge on any atom is -0.326 e. The monoisotopic (exact) mass is 259 g/mol. The number of amides is 1. The van der Waals surface area contributed by atoms with Crippen molar-refractivity contribution in [1.82, 2.24) is 0 Å². The highest BCUT2D eigenvalue weighted by molar-refractivity contribution is 8.72. The molecule has 1 aromatic rings. The summed E-state index contributed by atoms with van der Waals surface area (Å²) in [4.78, 5) is 11.0. The van der Waals surface area contributed by atoms with Gasteiger partial charge in [-0.1, -0.05) is 6.92 Å². The van der Waals surface area contributed by atoms with Gasteiger partial charge >= 0.3 is 0 Å². The van der Waals surface area contributed by atoms with Gasteiger partial charge in [-0.15, -0.1) is 0 Å². The van der Waals surface area contributed by atoms with Crippen LogP contribution in [0.2, 0.25) is 0 Å². The minimum absolute atomic E-state index is 0.182. The zero-order valence-corrected chi connectivity index (χ0v) is 10.7. The Labute approximate surface area is 98.8 Å². The zero-order chi connectivity index (χ0) is 12.2. The quantitative estimate of drug-likeness (QED) is 0.841. The van der Waals surface area contributed by atoms with Crippen molar-refractivity contribution in [2.75, 3.05) is 11.1 Å². The molecule has 0 atom stereocenters. The Hall–Kier alpha value is -1.01. The fraction of sp³-hybridized carbons (Fsp3) is 0.300. The van der Waals surface area contributed by atoms with Gasteiger partial charge in [0.2, 0.25) is 14.8 Å². The lowest BCUT2D eigenvalue weighted by atomic mass is 10.3. The number of benzene rings is 1. The van der Waals surface area contributed by atoms with E-state index in [1.807, 2.05) is 0 Å². The van der Waals surface area contributed by atoms with E-state index >= 15 is 0 Å². The Bertz CT molecular complexity index is 465. The maximum absolute atomic E-state index is 11.6.